The predicted molar refractivity (Wildman–Crippen MR) is 102 cm³/mol. The van der Waals surface area contributed by atoms with Crippen LogP contribution < -0.4 is 5.32 Å². The topological polar surface area (TPSA) is 101 Å². The van der Waals surface area contributed by atoms with E-state index >= 15 is 0 Å². The maximum absolute atomic E-state index is 12.2. The van der Waals surface area contributed by atoms with Crippen molar-refractivity contribution in [3.63, 3.8) is 0 Å². The third-order valence-electron chi connectivity index (χ3n) is 4.87. The Balaban J connectivity index is 1.63. The fourth-order valence-corrected chi connectivity index (χ4v) is 4.81. The Bertz CT molecular complexity index is 826. The first-order chi connectivity index (χ1) is 12.4. The normalized spacial score (nSPS) is 25.4. The summed E-state index contributed by atoms with van der Waals surface area (Å²) in [6.45, 7) is 6.88. The summed E-state index contributed by atoms with van der Waals surface area (Å²) in [6.07, 6.45) is 2.51. The lowest BCUT2D eigenvalue weighted by atomic mass is 10.0. The Labute approximate surface area is 164 Å². The summed E-state index contributed by atoms with van der Waals surface area (Å²) in [5.74, 6) is 0.949. The largest absolute Gasteiger partial charge is 0.444 e. The molecule has 3 atom stereocenters. The number of hydrogen-bond donors (Lipinski definition) is 1. The van der Waals surface area contributed by atoms with Crippen LogP contribution in [0.5, 0.6) is 0 Å². The summed E-state index contributed by atoms with van der Waals surface area (Å²) in [5.41, 5.74) is -0.506. The zero-order chi connectivity index (χ0) is 20.0. The van der Waals surface area contributed by atoms with Gasteiger partial charge in [0.1, 0.15) is 10.5 Å². The lowest BCUT2D eigenvalue weighted by Gasteiger charge is -2.25. The number of likely N-dealkylation sites (tertiary alicyclic amines) is 1. The number of nitrogens with one attached hydrogen (secondary N) is 1. The summed E-state index contributed by atoms with van der Waals surface area (Å²) >= 11 is 5.79. The molecule has 1 aromatic heterocycles. The molecule has 2 heterocycles. The molecule has 1 saturated heterocycles. The molecule has 150 valence electrons. The molecule has 1 aliphatic heterocycles. The van der Waals surface area contributed by atoms with Gasteiger partial charge in [0.15, 0.2) is 20.8 Å². The Morgan fingerprint density at radius 1 is 1.26 bits per heavy atom. The van der Waals surface area contributed by atoms with Gasteiger partial charge in [-0.2, -0.15) is 0 Å². The quantitative estimate of drug-likeness (QED) is 0.807. The molecule has 1 aliphatic carbocycles. The molecule has 1 saturated carbocycles. The highest BCUT2D eigenvalue weighted by Gasteiger charge is 2.43. The van der Waals surface area contributed by atoms with Crippen molar-refractivity contribution in [2.75, 3.05) is 24.7 Å². The van der Waals surface area contributed by atoms with Crippen LogP contribution in [0.3, 0.4) is 0 Å². The van der Waals surface area contributed by atoms with Crippen LogP contribution in [-0.2, 0) is 14.6 Å². The Morgan fingerprint density at radius 2 is 1.85 bits per heavy atom. The fraction of sp³-hybridized carbons (Fsp3) is 0.706. The van der Waals surface area contributed by atoms with E-state index in [1.807, 2.05) is 20.8 Å². The molecule has 1 aromatic rings. The first kappa shape index (κ1) is 20.1. The molecule has 2 aliphatic rings. The van der Waals surface area contributed by atoms with E-state index in [1.54, 1.807) is 4.90 Å². The fourth-order valence-electron chi connectivity index (χ4n) is 3.82. The number of rotatable bonds is 3. The third kappa shape index (κ3) is 4.82. The van der Waals surface area contributed by atoms with E-state index in [-0.39, 0.29) is 28.0 Å². The molecule has 0 radical (unpaired) electrons. The number of hydrogen-bond acceptors (Lipinski definition) is 7. The lowest BCUT2D eigenvalue weighted by molar-refractivity contribution is 0.0280. The van der Waals surface area contributed by atoms with E-state index in [2.05, 4.69) is 15.5 Å². The summed E-state index contributed by atoms with van der Waals surface area (Å²) in [6, 6.07) is 1.39. The Hall–Kier alpha value is -1.61. The van der Waals surface area contributed by atoms with Crippen molar-refractivity contribution in [1.82, 2.24) is 15.1 Å². The molecular formula is C17H25ClN4O4S. The van der Waals surface area contributed by atoms with Crippen LogP contribution in [0.2, 0.25) is 5.15 Å². The van der Waals surface area contributed by atoms with Gasteiger partial charge in [-0.25, -0.2) is 13.2 Å². The van der Waals surface area contributed by atoms with Crippen LogP contribution in [0, 0.1) is 11.8 Å². The van der Waals surface area contributed by atoms with Gasteiger partial charge in [0.05, 0.1) is 0 Å². The van der Waals surface area contributed by atoms with Crippen LogP contribution in [0.1, 0.15) is 33.6 Å². The van der Waals surface area contributed by atoms with Gasteiger partial charge in [-0.05, 0) is 51.5 Å². The zero-order valence-electron chi connectivity index (χ0n) is 15.9. The van der Waals surface area contributed by atoms with E-state index in [4.69, 9.17) is 16.3 Å². The van der Waals surface area contributed by atoms with Crippen molar-refractivity contribution in [3.8, 4) is 0 Å². The number of nitrogens with zero attached hydrogens (tertiary/aromatic N) is 3. The molecule has 8 nitrogen and oxygen atoms in total. The summed E-state index contributed by atoms with van der Waals surface area (Å²) < 4.78 is 29.4. The van der Waals surface area contributed by atoms with Gasteiger partial charge in [0.2, 0.25) is 0 Å². The Kier molecular flexibility index (Phi) is 5.28. The van der Waals surface area contributed by atoms with Gasteiger partial charge >= 0.3 is 6.09 Å². The van der Waals surface area contributed by atoms with Crippen molar-refractivity contribution in [2.24, 2.45) is 11.8 Å². The van der Waals surface area contributed by atoms with Gasteiger partial charge in [-0.15, -0.1) is 10.2 Å². The number of carbonyl (C=O) groups is 1. The molecule has 2 fully saturated rings. The van der Waals surface area contributed by atoms with Crippen LogP contribution in [0.25, 0.3) is 0 Å². The van der Waals surface area contributed by atoms with E-state index in [0.717, 1.165) is 19.1 Å². The SMILES string of the molecule is CC(C)(C)OC(=O)N1C[C@H]2CC(Nc3nnc(Cl)cc3S(C)(=O)=O)C[C@H]2C1. The van der Waals surface area contributed by atoms with E-state index in [1.165, 1.54) is 6.07 Å². The minimum absolute atomic E-state index is 0.0391. The second kappa shape index (κ2) is 7.09. The lowest BCUT2D eigenvalue weighted by Crippen LogP contribution is -2.36. The van der Waals surface area contributed by atoms with E-state index in [0.29, 0.717) is 24.9 Å². The first-order valence-electron chi connectivity index (χ1n) is 8.90. The predicted octanol–water partition coefficient (Wildman–Crippen LogP) is 2.59. The van der Waals surface area contributed by atoms with Crippen molar-refractivity contribution < 1.29 is 17.9 Å². The second-order valence-corrected chi connectivity index (χ2v) is 10.7. The number of carbonyl (C=O) groups excluding carboxylic acids is 1. The molecular weight excluding hydrogens is 392 g/mol. The highest BCUT2D eigenvalue weighted by molar-refractivity contribution is 7.90. The summed E-state index contributed by atoms with van der Waals surface area (Å²) in [4.78, 5) is 14.1. The standard InChI is InChI=1S/C17H25ClN4O4S/c1-17(2,3)26-16(23)22-8-10-5-12(6-11(10)9-22)19-15-13(27(4,24)25)7-14(18)20-21-15/h7,10-12H,5-6,8-9H2,1-4H3,(H,19,21)/t10-,11+,12?. The molecule has 0 aromatic carbocycles. The average Bonchev–Trinajstić information content (AvgIpc) is 3.04. The van der Waals surface area contributed by atoms with Crippen LogP contribution in [-0.4, -0.2) is 60.6 Å². The minimum Gasteiger partial charge on any atom is -0.444 e. The smallest absolute Gasteiger partial charge is 0.410 e. The monoisotopic (exact) mass is 416 g/mol. The number of aromatic nitrogens is 2. The minimum atomic E-state index is -3.47. The number of fused-ring (bicyclic) bond motifs is 1. The molecule has 3 rings (SSSR count). The van der Waals surface area contributed by atoms with Gasteiger partial charge in [0.25, 0.3) is 0 Å². The number of sulfone groups is 1. The summed E-state index contributed by atoms with van der Waals surface area (Å²) in [5, 5.41) is 10.9. The maximum Gasteiger partial charge on any atom is 0.410 e. The van der Waals surface area contributed by atoms with E-state index < -0.39 is 15.4 Å². The zero-order valence-corrected chi connectivity index (χ0v) is 17.5. The second-order valence-electron chi connectivity index (χ2n) is 8.37. The summed E-state index contributed by atoms with van der Waals surface area (Å²) in [7, 11) is -3.47. The van der Waals surface area contributed by atoms with E-state index in [9.17, 15) is 13.2 Å². The number of halogens is 1. The van der Waals surface area contributed by atoms with Crippen molar-refractivity contribution >= 4 is 33.3 Å². The molecule has 1 amide bonds. The van der Waals surface area contributed by atoms with Gasteiger partial charge in [0, 0.05) is 25.4 Å². The van der Waals surface area contributed by atoms with Crippen LogP contribution in [0.4, 0.5) is 10.6 Å². The van der Waals surface area contributed by atoms with Gasteiger partial charge in [-0.3, -0.25) is 0 Å². The van der Waals surface area contributed by atoms with Crippen LogP contribution >= 0.6 is 11.6 Å². The third-order valence-corrected chi connectivity index (χ3v) is 6.17. The average molecular weight is 417 g/mol. The Morgan fingerprint density at radius 3 is 2.37 bits per heavy atom. The molecule has 27 heavy (non-hydrogen) atoms. The number of anilines is 1. The van der Waals surface area contributed by atoms with Crippen LogP contribution in [0.15, 0.2) is 11.0 Å². The molecule has 10 heteroatoms. The van der Waals surface area contributed by atoms with Gasteiger partial charge in [-0.1, -0.05) is 11.6 Å². The first-order valence-corrected chi connectivity index (χ1v) is 11.2. The van der Waals surface area contributed by atoms with Gasteiger partial charge < -0.3 is 15.0 Å². The van der Waals surface area contributed by atoms with Crippen molar-refractivity contribution in [2.45, 2.75) is 50.2 Å². The maximum atomic E-state index is 12.2. The highest BCUT2D eigenvalue weighted by atomic mass is 35.5. The molecule has 0 spiro atoms. The molecule has 1 N–H and O–H groups in total. The number of amides is 1. The number of ether oxygens (including phenoxy) is 1. The highest BCUT2D eigenvalue weighted by Crippen LogP contribution is 2.40. The van der Waals surface area contributed by atoms with Crippen molar-refractivity contribution in [1.29, 1.82) is 0 Å². The van der Waals surface area contributed by atoms with Crippen molar-refractivity contribution in [3.05, 3.63) is 11.2 Å². The molecule has 1 unspecified atom stereocenters. The molecule has 0 bridgehead atoms.